The minimum atomic E-state index is -3.75. The molecule has 1 aromatic carbocycles. The molecular formula is C28H42N4O4S. The maximum absolute atomic E-state index is 13.4. The van der Waals surface area contributed by atoms with Gasteiger partial charge in [-0.3, -0.25) is 9.59 Å². The molecule has 204 valence electrons. The van der Waals surface area contributed by atoms with Gasteiger partial charge in [0.15, 0.2) is 0 Å². The number of nitrogens with zero attached hydrogens (tertiary/aromatic N) is 3. The molecule has 37 heavy (non-hydrogen) atoms. The molecule has 8 nitrogen and oxygen atoms in total. The van der Waals surface area contributed by atoms with Gasteiger partial charge in [-0.05, 0) is 63.3 Å². The van der Waals surface area contributed by atoms with Crippen LogP contribution in [0.4, 0.5) is 0 Å². The lowest BCUT2D eigenvalue weighted by molar-refractivity contribution is 0.0945. The molecule has 2 aromatic rings. The van der Waals surface area contributed by atoms with Crippen molar-refractivity contribution >= 4 is 26.8 Å². The summed E-state index contributed by atoms with van der Waals surface area (Å²) in [6.07, 6.45) is 12.2. The summed E-state index contributed by atoms with van der Waals surface area (Å²) in [4.78, 5) is 28.9. The highest BCUT2D eigenvalue weighted by Gasteiger charge is 2.29. The van der Waals surface area contributed by atoms with E-state index in [1.54, 1.807) is 37.0 Å². The van der Waals surface area contributed by atoms with Crippen molar-refractivity contribution in [1.82, 2.24) is 19.1 Å². The normalized spacial score (nSPS) is 19.9. The number of aromatic nitrogens is 1. The molecule has 1 aliphatic carbocycles. The Labute approximate surface area is 221 Å². The van der Waals surface area contributed by atoms with E-state index in [2.05, 4.69) is 17.1 Å². The van der Waals surface area contributed by atoms with Crippen LogP contribution in [0.3, 0.4) is 0 Å². The first-order valence-electron chi connectivity index (χ1n) is 13.9. The average Bonchev–Trinajstić information content (AvgIpc) is 2.92. The Balaban J connectivity index is 1.49. The van der Waals surface area contributed by atoms with E-state index < -0.39 is 21.4 Å². The second-order valence-corrected chi connectivity index (χ2v) is 12.7. The molecule has 0 spiro atoms. The number of benzene rings is 1. The fraction of sp³-hybridized carbons (Fsp3) is 0.643. The number of piperidine rings is 1. The fourth-order valence-corrected chi connectivity index (χ4v) is 7.44. The largest absolute Gasteiger partial charge is 0.352 e. The zero-order valence-corrected chi connectivity index (χ0v) is 23.4. The lowest BCUT2D eigenvalue weighted by atomic mass is 9.96. The number of aryl methyl sites for hydroxylation is 1. The first-order valence-corrected chi connectivity index (χ1v) is 15.3. The molecule has 0 unspecified atom stereocenters. The van der Waals surface area contributed by atoms with Gasteiger partial charge in [-0.1, -0.05) is 32.6 Å². The van der Waals surface area contributed by atoms with Crippen molar-refractivity contribution in [3.8, 4) is 0 Å². The highest BCUT2D eigenvalue weighted by atomic mass is 32.2. The van der Waals surface area contributed by atoms with Crippen LogP contribution in [0.15, 0.2) is 34.1 Å². The van der Waals surface area contributed by atoms with Crippen molar-refractivity contribution in [3.05, 3.63) is 40.2 Å². The SMILES string of the molecule is CC[C@H]1CCCCN1CCCNC(=O)c1cn(C)c2ccc(S(=O)(=O)N(C)C3CCCCC3)cc2c1=O. The second-order valence-electron chi connectivity index (χ2n) is 10.7. The molecule has 9 heteroatoms. The minimum Gasteiger partial charge on any atom is -0.352 e. The topological polar surface area (TPSA) is 91.7 Å². The maximum atomic E-state index is 13.4. The molecule has 1 saturated carbocycles. The zero-order valence-electron chi connectivity index (χ0n) is 22.5. The third-order valence-corrected chi connectivity index (χ3v) is 10.2. The molecule has 2 heterocycles. The molecule has 1 aromatic heterocycles. The number of carbonyl (C=O) groups is 1. The van der Waals surface area contributed by atoms with E-state index in [0.717, 1.165) is 58.0 Å². The summed E-state index contributed by atoms with van der Waals surface area (Å²) in [5, 5.41) is 3.15. The Morgan fingerprint density at radius 2 is 1.84 bits per heavy atom. The summed E-state index contributed by atoms with van der Waals surface area (Å²) in [6.45, 7) is 4.77. The number of hydrogen-bond acceptors (Lipinski definition) is 5. The Hall–Kier alpha value is -2.23. The van der Waals surface area contributed by atoms with Gasteiger partial charge in [0.2, 0.25) is 15.5 Å². The van der Waals surface area contributed by atoms with Crippen LogP contribution in [0, 0.1) is 0 Å². The van der Waals surface area contributed by atoms with Crippen LogP contribution in [0.5, 0.6) is 0 Å². The molecular weight excluding hydrogens is 488 g/mol. The molecule has 1 amide bonds. The smallest absolute Gasteiger partial charge is 0.256 e. The van der Waals surface area contributed by atoms with Crippen molar-refractivity contribution in [2.75, 3.05) is 26.7 Å². The van der Waals surface area contributed by atoms with E-state index in [0.29, 0.717) is 18.1 Å². The van der Waals surface area contributed by atoms with Gasteiger partial charge < -0.3 is 14.8 Å². The van der Waals surface area contributed by atoms with Crippen molar-refractivity contribution in [3.63, 3.8) is 0 Å². The Kier molecular flexibility index (Phi) is 9.08. The first-order chi connectivity index (χ1) is 17.7. The van der Waals surface area contributed by atoms with Crippen molar-refractivity contribution < 1.29 is 13.2 Å². The van der Waals surface area contributed by atoms with Gasteiger partial charge in [-0.2, -0.15) is 4.31 Å². The second kappa shape index (κ2) is 12.1. The third kappa shape index (κ3) is 6.10. The number of rotatable bonds is 9. The van der Waals surface area contributed by atoms with Gasteiger partial charge in [0.1, 0.15) is 5.56 Å². The van der Waals surface area contributed by atoms with Gasteiger partial charge in [-0.25, -0.2) is 8.42 Å². The van der Waals surface area contributed by atoms with E-state index in [9.17, 15) is 18.0 Å². The fourth-order valence-electron chi connectivity index (χ4n) is 6.00. The predicted molar refractivity (Wildman–Crippen MR) is 147 cm³/mol. The Morgan fingerprint density at radius 3 is 2.57 bits per heavy atom. The number of fused-ring (bicyclic) bond motifs is 1. The van der Waals surface area contributed by atoms with Crippen LogP contribution in [0.25, 0.3) is 10.9 Å². The monoisotopic (exact) mass is 530 g/mol. The summed E-state index contributed by atoms with van der Waals surface area (Å²) in [7, 11) is -0.353. The maximum Gasteiger partial charge on any atom is 0.256 e. The highest BCUT2D eigenvalue weighted by Crippen LogP contribution is 2.27. The molecule has 1 saturated heterocycles. The molecule has 2 aliphatic rings. The molecule has 4 rings (SSSR count). The van der Waals surface area contributed by atoms with Gasteiger partial charge >= 0.3 is 0 Å². The number of likely N-dealkylation sites (tertiary alicyclic amines) is 1. The predicted octanol–water partition coefficient (Wildman–Crippen LogP) is 3.88. The van der Waals surface area contributed by atoms with E-state index in [-0.39, 0.29) is 21.9 Å². The van der Waals surface area contributed by atoms with Crippen molar-refractivity contribution in [2.45, 2.75) is 88.1 Å². The Bertz CT molecular complexity index is 1270. The molecule has 2 fully saturated rings. The Morgan fingerprint density at radius 1 is 1.11 bits per heavy atom. The van der Waals surface area contributed by atoms with Crippen LogP contribution < -0.4 is 10.7 Å². The molecule has 0 radical (unpaired) electrons. The standard InChI is InChI=1S/C28H42N4O4S/c1-4-21-11-8-9-17-32(21)18-10-16-29-28(34)25-20-30(2)26-15-14-23(19-24(26)27(25)33)37(35,36)31(3)22-12-6-5-7-13-22/h14-15,19-22H,4-13,16-18H2,1-3H3,(H,29,34)/t21-/m0/s1. The summed E-state index contributed by atoms with van der Waals surface area (Å²) in [6, 6.07) is 5.25. The average molecular weight is 531 g/mol. The number of amides is 1. The van der Waals surface area contributed by atoms with E-state index in [1.165, 1.54) is 29.6 Å². The summed E-state index contributed by atoms with van der Waals surface area (Å²) in [5.41, 5.74) is 0.191. The number of pyridine rings is 1. The number of hydrogen-bond donors (Lipinski definition) is 1. The number of sulfonamides is 1. The summed E-state index contributed by atoms with van der Waals surface area (Å²) >= 11 is 0. The minimum absolute atomic E-state index is 0.0214. The van der Waals surface area contributed by atoms with Gasteiger partial charge in [0.05, 0.1) is 10.4 Å². The first kappa shape index (κ1) is 27.8. The van der Waals surface area contributed by atoms with Gasteiger partial charge in [0, 0.05) is 50.9 Å². The molecule has 1 N–H and O–H groups in total. The summed E-state index contributed by atoms with van der Waals surface area (Å²) in [5.74, 6) is -0.416. The molecule has 0 bridgehead atoms. The summed E-state index contributed by atoms with van der Waals surface area (Å²) < 4.78 is 29.9. The van der Waals surface area contributed by atoms with Crippen LogP contribution in [0.2, 0.25) is 0 Å². The highest BCUT2D eigenvalue weighted by molar-refractivity contribution is 7.89. The van der Waals surface area contributed by atoms with Crippen LogP contribution >= 0.6 is 0 Å². The van der Waals surface area contributed by atoms with Crippen molar-refractivity contribution in [2.24, 2.45) is 7.05 Å². The van der Waals surface area contributed by atoms with E-state index >= 15 is 0 Å². The third-order valence-electron chi connectivity index (χ3n) is 8.30. The van der Waals surface area contributed by atoms with Crippen LogP contribution in [-0.2, 0) is 17.1 Å². The molecule has 1 atom stereocenters. The van der Waals surface area contributed by atoms with Gasteiger partial charge in [-0.15, -0.1) is 0 Å². The van der Waals surface area contributed by atoms with E-state index in [1.807, 2.05) is 0 Å². The van der Waals surface area contributed by atoms with E-state index in [4.69, 9.17) is 0 Å². The lowest BCUT2D eigenvalue weighted by Gasteiger charge is -2.35. The zero-order chi connectivity index (χ0) is 26.6. The number of nitrogens with one attached hydrogen (secondary N) is 1. The van der Waals surface area contributed by atoms with Gasteiger partial charge in [0.25, 0.3) is 5.91 Å². The molecule has 1 aliphatic heterocycles. The van der Waals surface area contributed by atoms with Crippen molar-refractivity contribution in [1.29, 1.82) is 0 Å². The van der Waals surface area contributed by atoms with Crippen LogP contribution in [-0.4, -0.2) is 66.9 Å². The number of carbonyl (C=O) groups excluding carboxylic acids is 1. The lowest BCUT2D eigenvalue weighted by Crippen LogP contribution is -2.40. The van der Waals surface area contributed by atoms with Crippen LogP contribution in [0.1, 0.15) is 81.5 Å². The quantitative estimate of drug-likeness (QED) is 0.497.